The van der Waals surface area contributed by atoms with Gasteiger partial charge in [0.05, 0.1) is 13.1 Å². The van der Waals surface area contributed by atoms with Crippen LogP contribution >= 0.6 is 0 Å². The lowest BCUT2D eigenvalue weighted by Gasteiger charge is -2.23. The fourth-order valence-corrected chi connectivity index (χ4v) is 1.27. The highest BCUT2D eigenvalue weighted by Gasteiger charge is 2.29. The highest BCUT2D eigenvalue weighted by atomic mass is 16.2. The topological polar surface area (TPSA) is 54.7 Å². The Hall–Kier alpha value is -1.26. The average Bonchev–Trinajstić information content (AvgIpc) is 2.53. The third kappa shape index (κ3) is 1.91. The molecule has 4 amide bonds. The minimum absolute atomic E-state index is 0.226. The molecule has 1 fully saturated rings. The molecule has 0 saturated carbocycles. The fourth-order valence-electron chi connectivity index (χ4n) is 1.27. The Morgan fingerprint density at radius 2 is 2.15 bits per heavy atom. The second-order valence-corrected chi connectivity index (χ2v) is 2.77. The molecule has 13 heavy (non-hydrogen) atoms. The van der Waals surface area contributed by atoms with Gasteiger partial charge in [-0.25, -0.2) is 19.8 Å². The monoisotopic (exact) mass is 184 g/mol. The molecule has 0 aliphatic carbocycles. The van der Waals surface area contributed by atoms with Crippen molar-refractivity contribution in [3.63, 3.8) is 0 Å². The minimum Gasteiger partial charge on any atom is -0.325 e. The van der Waals surface area contributed by atoms with Gasteiger partial charge in [-0.3, -0.25) is 0 Å². The molecule has 1 saturated heterocycles. The van der Waals surface area contributed by atoms with Gasteiger partial charge in [-0.05, 0) is 13.8 Å². The van der Waals surface area contributed by atoms with Crippen LogP contribution in [0.5, 0.6) is 0 Å². The van der Waals surface area contributed by atoms with Gasteiger partial charge in [0.25, 0.3) is 0 Å². The number of hydrogen-bond acceptors (Lipinski definition) is 2. The van der Waals surface area contributed by atoms with E-state index in [1.807, 2.05) is 13.8 Å². The predicted molar refractivity (Wildman–Crippen MR) is 47.4 cm³/mol. The van der Waals surface area contributed by atoms with Crippen LogP contribution in [-0.4, -0.2) is 48.0 Å². The standard InChI is InChI=1S/C8H14N3O2/c1-3-10(4-2)8(13)11-6-5-9-7(11)12/h3-6H2,1-2H3. The summed E-state index contributed by atoms with van der Waals surface area (Å²) in [6.45, 7) is 5.89. The molecular weight excluding hydrogens is 170 g/mol. The first-order valence-corrected chi connectivity index (χ1v) is 4.48. The zero-order chi connectivity index (χ0) is 9.84. The van der Waals surface area contributed by atoms with Crippen LogP contribution in [0.4, 0.5) is 9.59 Å². The lowest BCUT2D eigenvalue weighted by molar-refractivity contribution is 0.168. The molecule has 0 atom stereocenters. The smallest absolute Gasteiger partial charge is 0.325 e. The van der Waals surface area contributed by atoms with Crippen molar-refractivity contribution in [1.82, 2.24) is 15.1 Å². The van der Waals surface area contributed by atoms with Crippen molar-refractivity contribution >= 4 is 12.1 Å². The molecule has 73 valence electrons. The summed E-state index contributed by atoms with van der Waals surface area (Å²) < 4.78 is 0. The lowest BCUT2D eigenvalue weighted by atomic mass is 10.5. The molecule has 1 aliphatic heterocycles. The molecule has 0 N–H and O–H groups in total. The van der Waals surface area contributed by atoms with Crippen molar-refractivity contribution in [2.45, 2.75) is 13.8 Å². The Balaban J connectivity index is 2.60. The van der Waals surface area contributed by atoms with Gasteiger partial charge in [0.1, 0.15) is 0 Å². The molecule has 1 aliphatic rings. The number of urea groups is 2. The van der Waals surface area contributed by atoms with Crippen molar-refractivity contribution in [2.75, 3.05) is 26.2 Å². The van der Waals surface area contributed by atoms with Crippen LogP contribution in [0, 0.1) is 0 Å². The number of amides is 4. The van der Waals surface area contributed by atoms with E-state index in [0.717, 1.165) is 0 Å². The van der Waals surface area contributed by atoms with Crippen LogP contribution in [-0.2, 0) is 0 Å². The van der Waals surface area contributed by atoms with E-state index in [0.29, 0.717) is 26.2 Å². The van der Waals surface area contributed by atoms with Crippen LogP contribution in [0.25, 0.3) is 0 Å². The number of rotatable bonds is 2. The first kappa shape index (κ1) is 9.83. The molecule has 1 radical (unpaired) electrons. The molecule has 0 bridgehead atoms. The third-order valence-electron chi connectivity index (χ3n) is 2.07. The summed E-state index contributed by atoms with van der Waals surface area (Å²) in [5.41, 5.74) is 0. The summed E-state index contributed by atoms with van der Waals surface area (Å²) in [4.78, 5) is 25.5. The summed E-state index contributed by atoms with van der Waals surface area (Å²) in [7, 11) is 0. The van der Waals surface area contributed by atoms with Gasteiger partial charge in [0.2, 0.25) is 0 Å². The number of hydrogen-bond donors (Lipinski definition) is 0. The first-order valence-electron chi connectivity index (χ1n) is 4.48. The van der Waals surface area contributed by atoms with Crippen LogP contribution in [0.2, 0.25) is 0 Å². The molecule has 0 unspecified atom stereocenters. The van der Waals surface area contributed by atoms with Gasteiger partial charge >= 0.3 is 12.1 Å². The Morgan fingerprint density at radius 3 is 2.54 bits per heavy atom. The molecule has 0 aromatic carbocycles. The van der Waals surface area contributed by atoms with E-state index >= 15 is 0 Å². The van der Waals surface area contributed by atoms with E-state index in [2.05, 4.69) is 5.32 Å². The van der Waals surface area contributed by atoms with Crippen molar-refractivity contribution in [2.24, 2.45) is 0 Å². The summed E-state index contributed by atoms with van der Waals surface area (Å²) in [5.74, 6) is 0. The van der Waals surface area contributed by atoms with Gasteiger partial charge in [-0.1, -0.05) is 0 Å². The molecule has 5 nitrogen and oxygen atoms in total. The van der Waals surface area contributed by atoms with Gasteiger partial charge in [0, 0.05) is 13.1 Å². The quantitative estimate of drug-likeness (QED) is 0.627. The van der Waals surface area contributed by atoms with Crippen molar-refractivity contribution < 1.29 is 9.59 Å². The molecule has 0 aromatic rings. The van der Waals surface area contributed by atoms with Crippen LogP contribution in [0.3, 0.4) is 0 Å². The van der Waals surface area contributed by atoms with Crippen LogP contribution in [0.1, 0.15) is 13.8 Å². The minimum atomic E-state index is -0.406. The third-order valence-corrected chi connectivity index (χ3v) is 2.07. The van der Waals surface area contributed by atoms with Gasteiger partial charge < -0.3 is 4.90 Å². The summed E-state index contributed by atoms with van der Waals surface area (Å²) in [6, 6.07) is -0.631. The van der Waals surface area contributed by atoms with E-state index in [1.165, 1.54) is 4.90 Å². The molecule has 0 aromatic heterocycles. The zero-order valence-corrected chi connectivity index (χ0v) is 7.99. The Morgan fingerprint density at radius 1 is 1.54 bits per heavy atom. The van der Waals surface area contributed by atoms with Gasteiger partial charge in [-0.2, -0.15) is 0 Å². The summed E-state index contributed by atoms with van der Waals surface area (Å²) in [6.07, 6.45) is 0. The highest BCUT2D eigenvalue weighted by molar-refractivity contribution is 5.94. The van der Waals surface area contributed by atoms with Crippen LogP contribution < -0.4 is 5.32 Å². The molecule has 5 heteroatoms. The maximum atomic E-state index is 11.6. The normalized spacial score (nSPS) is 15.8. The maximum Gasteiger partial charge on any atom is 0.347 e. The van der Waals surface area contributed by atoms with E-state index < -0.39 is 6.03 Å². The van der Waals surface area contributed by atoms with Crippen LogP contribution in [0.15, 0.2) is 0 Å². The summed E-state index contributed by atoms with van der Waals surface area (Å²) >= 11 is 0. The first-order chi connectivity index (χ1) is 6.20. The van der Waals surface area contributed by atoms with Gasteiger partial charge in [0.15, 0.2) is 0 Å². The SMILES string of the molecule is CCN(CC)C(=O)N1CC[N]C1=O. The van der Waals surface area contributed by atoms with Crippen molar-refractivity contribution in [1.29, 1.82) is 0 Å². The molecule has 1 heterocycles. The maximum absolute atomic E-state index is 11.6. The average molecular weight is 184 g/mol. The van der Waals surface area contributed by atoms with Crippen molar-refractivity contribution in [3.05, 3.63) is 0 Å². The number of nitrogens with zero attached hydrogens (tertiary/aromatic N) is 3. The molecule has 1 rings (SSSR count). The van der Waals surface area contributed by atoms with E-state index in [9.17, 15) is 9.59 Å². The Kier molecular flexibility index (Phi) is 3.11. The number of carbonyl (C=O) groups is 2. The second kappa shape index (κ2) is 4.11. The highest BCUT2D eigenvalue weighted by Crippen LogP contribution is 2.04. The summed E-state index contributed by atoms with van der Waals surface area (Å²) in [5, 5.41) is 3.63. The zero-order valence-electron chi connectivity index (χ0n) is 7.99. The van der Waals surface area contributed by atoms with E-state index in [4.69, 9.17) is 0 Å². The second-order valence-electron chi connectivity index (χ2n) is 2.77. The number of imide groups is 1. The largest absolute Gasteiger partial charge is 0.347 e. The van der Waals surface area contributed by atoms with Gasteiger partial charge in [-0.15, -0.1) is 0 Å². The number of carbonyl (C=O) groups excluding carboxylic acids is 2. The van der Waals surface area contributed by atoms with Crippen molar-refractivity contribution in [3.8, 4) is 0 Å². The van der Waals surface area contributed by atoms with E-state index in [1.54, 1.807) is 4.90 Å². The predicted octanol–water partition coefficient (Wildman–Crippen LogP) is 0.488. The van der Waals surface area contributed by atoms with E-state index in [-0.39, 0.29) is 6.03 Å². The Bertz CT molecular complexity index is 213. The lowest BCUT2D eigenvalue weighted by Crippen LogP contribution is -2.43. The Labute approximate surface area is 77.7 Å². The fraction of sp³-hybridized carbons (Fsp3) is 0.750. The molecule has 0 spiro atoms. The molecular formula is C8H14N3O2.